The molecule has 1 rings (SSSR count). The molecule has 0 unspecified atom stereocenters. The van der Waals surface area contributed by atoms with E-state index in [4.69, 9.17) is 15.3 Å². The molecule has 0 saturated heterocycles. The van der Waals surface area contributed by atoms with Crippen LogP contribution in [0.3, 0.4) is 0 Å². The number of carbonyl (C=O) groups is 3. The maximum absolute atomic E-state index is 9.25. The Balaban J connectivity index is -0.000000240. The van der Waals surface area contributed by atoms with Crippen LogP contribution in [0.5, 0.6) is 0 Å². The summed E-state index contributed by atoms with van der Waals surface area (Å²) in [6, 6.07) is 10.6. The molecule has 7 heteroatoms. The molecule has 6 nitrogen and oxygen atoms in total. The van der Waals surface area contributed by atoms with E-state index in [-0.39, 0.29) is 0 Å². The molecule has 0 aliphatic carbocycles. The quantitative estimate of drug-likeness (QED) is 0.500. The predicted octanol–water partition coefficient (Wildman–Crippen LogP) is 1.86. The van der Waals surface area contributed by atoms with Crippen molar-refractivity contribution in [3.8, 4) is 0 Å². The van der Waals surface area contributed by atoms with Crippen molar-refractivity contribution in [3.05, 3.63) is 73.9 Å². The number of carboxylic acids is 3. The maximum atomic E-state index is 9.25. The van der Waals surface area contributed by atoms with Crippen LogP contribution in [-0.2, 0) is 18.8 Å². The Hall–Kier alpha value is -2.35. The second-order valence-corrected chi connectivity index (χ2v) is 4.48. The van der Waals surface area contributed by atoms with E-state index in [2.05, 4.69) is 50.1 Å². The number of rotatable bonds is 4. The fourth-order valence-electron chi connectivity index (χ4n) is 0.614. The monoisotopic (exact) mass is 428 g/mol. The van der Waals surface area contributed by atoms with Gasteiger partial charge in [-0.25, -0.2) is 14.4 Å². The summed E-state index contributed by atoms with van der Waals surface area (Å²) in [6.45, 7) is 8.88. The first kappa shape index (κ1) is 25.6. The Morgan fingerprint density at radius 3 is 1.22 bits per heavy atom. The molecule has 0 bridgehead atoms. The van der Waals surface area contributed by atoms with Crippen molar-refractivity contribution in [1.29, 1.82) is 0 Å². The van der Waals surface area contributed by atoms with Gasteiger partial charge in [0.25, 0.3) is 0 Å². The number of aliphatic carboxylic acids is 3. The van der Waals surface area contributed by atoms with Crippen LogP contribution in [0.2, 0.25) is 0 Å². The summed E-state index contributed by atoms with van der Waals surface area (Å²) in [5.41, 5.74) is 1.47. The minimum absolute atomic E-state index is 0.833. The van der Waals surface area contributed by atoms with Crippen molar-refractivity contribution in [2.24, 2.45) is 0 Å². The summed E-state index contributed by atoms with van der Waals surface area (Å²) in [7, 11) is 0. The summed E-state index contributed by atoms with van der Waals surface area (Å²) in [6.07, 6.45) is 2.50. The van der Waals surface area contributed by atoms with Gasteiger partial charge in [0.15, 0.2) is 0 Å². The second-order valence-electron chi connectivity index (χ2n) is 3.32. The van der Waals surface area contributed by atoms with Gasteiger partial charge in [-0.3, -0.25) is 0 Å². The zero-order chi connectivity index (χ0) is 18.7. The van der Waals surface area contributed by atoms with Gasteiger partial charge in [0.1, 0.15) is 0 Å². The van der Waals surface area contributed by atoms with Crippen molar-refractivity contribution in [2.75, 3.05) is 0 Å². The Morgan fingerprint density at radius 2 is 1.09 bits per heavy atom. The molecule has 2 radical (unpaired) electrons. The standard InChI is InChI=1S/C7H7.3C3H4O2.Sn.H/c1-7-5-3-2-4-6-7;3*1-2-3(4)5;;/h2-6H,1H2;3*2H,1H2,(H,4,5);;. The van der Waals surface area contributed by atoms with Crippen LogP contribution in [0.4, 0.5) is 0 Å². The number of hydrogen-bond donors (Lipinski definition) is 3. The van der Waals surface area contributed by atoms with Crippen LogP contribution in [0.1, 0.15) is 5.56 Å². The predicted molar refractivity (Wildman–Crippen MR) is 90.8 cm³/mol. The average molecular weight is 427 g/mol. The molecule has 0 aliphatic rings. The molecule has 0 saturated carbocycles. The van der Waals surface area contributed by atoms with E-state index < -0.39 is 17.9 Å². The number of benzene rings is 1. The van der Waals surface area contributed by atoms with Crippen LogP contribution in [0.15, 0.2) is 68.3 Å². The first-order valence-electron chi connectivity index (χ1n) is 6.05. The van der Waals surface area contributed by atoms with Gasteiger partial charge in [-0.2, -0.15) is 0 Å². The topological polar surface area (TPSA) is 112 Å². The minimum atomic E-state index is -0.981. The SMILES string of the molecule is C=CC(=O)O.C=CC(=O)O.C=CC(=O)O.[SnH][CH2]c1ccccc1. The molecular weight excluding hydrogens is 407 g/mol. The first-order valence-corrected chi connectivity index (χ1v) is 8.38. The van der Waals surface area contributed by atoms with E-state index in [1.807, 2.05) is 0 Å². The third-order valence-corrected chi connectivity index (χ3v) is 2.95. The van der Waals surface area contributed by atoms with Gasteiger partial charge in [-0.05, 0) is 0 Å². The molecule has 0 amide bonds. The van der Waals surface area contributed by atoms with Gasteiger partial charge < -0.3 is 15.3 Å². The molecule has 0 heterocycles. The van der Waals surface area contributed by atoms with E-state index in [0.717, 1.165) is 18.2 Å². The third kappa shape index (κ3) is 32.9. The molecule has 3 N–H and O–H groups in total. The zero-order valence-electron chi connectivity index (χ0n) is 12.6. The molecular formula is C16H20O6Sn. The van der Waals surface area contributed by atoms with Gasteiger partial charge in [-0.1, -0.05) is 19.7 Å². The summed E-state index contributed by atoms with van der Waals surface area (Å²) >= 11 is 1.33. The molecule has 23 heavy (non-hydrogen) atoms. The van der Waals surface area contributed by atoms with Crippen molar-refractivity contribution >= 4 is 40.4 Å². The average Bonchev–Trinajstić information content (AvgIpc) is 2.57. The molecule has 0 spiro atoms. The summed E-state index contributed by atoms with van der Waals surface area (Å²) in [5, 5.41) is 22.8. The first-order chi connectivity index (χ1) is 10.7. The number of carboxylic acid groups (broad SMARTS) is 3. The van der Waals surface area contributed by atoms with Gasteiger partial charge in [0.2, 0.25) is 0 Å². The Labute approximate surface area is 148 Å². The molecule has 0 fully saturated rings. The summed E-state index contributed by atoms with van der Waals surface area (Å²) in [5.74, 6) is -2.94. The molecule has 0 atom stereocenters. The third-order valence-electron chi connectivity index (χ3n) is 1.60. The van der Waals surface area contributed by atoms with Gasteiger partial charge in [0, 0.05) is 18.2 Å². The van der Waals surface area contributed by atoms with Crippen LogP contribution in [0, 0.1) is 0 Å². The van der Waals surface area contributed by atoms with E-state index in [9.17, 15) is 14.4 Å². The molecule has 0 aromatic heterocycles. The number of hydrogen-bond acceptors (Lipinski definition) is 3. The molecule has 0 aliphatic heterocycles. The fourth-order valence-corrected chi connectivity index (χ4v) is 1.39. The van der Waals surface area contributed by atoms with Crippen LogP contribution >= 0.6 is 0 Å². The van der Waals surface area contributed by atoms with Crippen molar-refractivity contribution < 1.29 is 29.7 Å². The normalized spacial score (nSPS) is 7.35. The molecule has 1 aromatic carbocycles. The molecule has 124 valence electrons. The Kier molecular flexibility index (Phi) is 21.9. The van der Waals surface area contributed by atoms with Crippen LogP contribution < -0.4 is 0 Å². The van der Waals surface area contributed by atoms with Gasteiger partial charge >= 0.3 is 80.8 Å². The molecule has 1 aromatic rings. The summed E-state index contributed by atoms with van der Waals surface area (Å²) < 4.78 is 1.27. The van der Waals surface area contributed by atoms with Crippen molar-refractivity contribution in [2.45, 2.75) is 4.44 Å². The van der Waals surface area contributed by atoms with E-state index in [1.54, 1.807) is 0 Å². The van der Waals surface area contributed by atoms with Gasteiger partial charge in [0.05, 0.1) is 0 Å². The summed E-state index contributed by atoms with van der Waals surface area (Å²) in [4.78, 5) is 27.8. The zero-order valence-corrected chi connectivity index (χ0v) is 15.9. The van der Waals surface area contributed by atoms with Gasteiger partial charge in [-0.15, -0.1) is 0 Å². The Bertz CT molecular complexity index is 454. The van der Waals surface area contributed by atoms with E-state index in [0.29, 0.717) is 0 Å². The fraction of sp³-hybridized carbons (Fsp3) is 0.0625. The van der Waals surface area contributed by atoms with Crippen LogP contribution in [0.25, 0.3) is 0 Å². The second kappa shape index (κ2) is 19.6. The van der Waals surface area contributed by atoms with E-state index in [1.165, 1.54) is 32.5 Å². The van der Waals surface area contributed by atoms with E-state index >= 15 is 0 Å². The van der Waals surface area contributed by atoms with Crippen LogP contribution in [-0.4, -0.2) is 55.8 Å². The Morgan fingerprint density at radius 1 is 0.826 bits per heavy atom. The van der Waals surface area contributed by atoms with Crippen molar-refractivity contribution in [3.63, 3.8) is 0 Å². The van der Waals surface area contributed by atoms with Crippen molar-refractivity contribution in [1.82, 2.24) is 0 Å².